The number of benzene rings is 2. The van der Waals surface area contributed by atoms with Crippen LogP contribution in [0, 0.1) is 5.82 Å². The van der Waals surface area contributed by atoms with Crippen LogP contribution in [0.1, 0.15) is 29.8 Å². The third kappa shape index (κ3) is 4.32. The summed E-state index contributed by atoms with van der Waals surface area (Å²) in [6.07, 6.45) is 0. The van der Waals surface area contributed by atoms with E-state index in [1.54, 1.807) is 4.90 Å². The molecule has 6 heteroatoms. The van der Waals surface area contributed by atoms with Gasteiger partial charge < -0.3 is 16.0 Å². The van der Waals surface area contributed by atoms with Crippen LogP contribution >= 0.6 is 0 Å². The van der Waals surface area contributed by atoms with Gasteiger partial charge in [0, 0.05) is 18.3 Å². The van der Waals surface area contributed by atoms with E-state index >= 15 is 0 Å². The highest BCUT2D eigenvalue weighted by molar-refractivity contribution is 5.96. The van der Waals surface area contributed by atoms with Crippen LogP contribution in [-0.4, -0.2) is 22.9 Å². The number of anilines is 1. The Morgan fingerprint density at radius 2 is 1.83 bits per heavy atom. The Morgan fingerprint density at radius 3 is 2.42 bits per heavy atom. The van der Waals surface area contributed by atoms with E-state index in [0.717, 1.165) is 11.6 Å². The minimum Gasteiger partial charge on any atom is -0.366 e. The molecule has 0 atom stereocenters. The first kappa shape index (κ1) is 17.5. The molecule has 5 nitrogen and oxygen atoms in total. The van der Waals surface area contributed by atoms with Crippen molar-refractivity contribution in [1.82, 2.24) is 4.90 Å². The first-order valence-corrected chi connectivity index (χ1v) is 7.59. The lowest BCUT2D eigenvalue weighted by Gasteiger charge is -2.27. The summed E-state index contributed by atoms with van der Waals surface area (Å²) in [5.41, 5.74) is 6.18. The molecule has 0 aromatic heterocycles. The molecule has 0 aliphatic heterocycles. The van der Waals surface area contributed by atoms with Crippen LogP contribution < -0.4 is 11.1 Å². The van der Waals surface area contributed by atoms with Gasteiger partial charge in [-0.25, -0.2) is 9.18 Å². The molecule has 0 radical (unpaired) electrons. The molecule has 2 aromatic carbocycles. The predicted molar refractivity (Wildman–Crippen MR) is 91.1 cm³/mol. The van der Waals surface area contributed by atoms with Crippen LogP contribution in [0.25, 0.3) is 0 Å². The summed E-state index contributed by atoms with van der Waals surface area (Å²) in [5.74, 6) is -1.60. The molecule has 0 bridgehead atoms. The fourth-order valence-corrected chi connectivity index (χ4v) is 2.26. The maximum absolute atomic E-state index is 13.5. The Balaban J connectivity index is 2.16. The summed E-state index contributed by atoms with van der Waals surface area (Å²) >= 11 is 0. The number of nitrogens with zero attached hydrogens (tertiary/aromatic N) is 1. The molecule has 0 aliphatic rings. The van der Waals surface area contributed by atoms with Crippen molar-refractivity contribution in [3.63, 3.8) is 0 Å². The Kier molecular flexibility index (Phi) is 5.52. The van der Waals surface area contributed by atoms with Gasteiger partial charge >= 0.3 is 6.03 Å². The van der Waals surface area contributed by atoms with Gasteiger partial charge in [-0.2, -0.15) is 0 Å². The molecule has 2 aromatic rings. The number of carbonyl (C=O) groups is 2. The number of carbonyl (C=O) groups excluding carboxylic acids is 2. The molecular formula is C18H20FN3O2. The van der Waals surface area contributed by atoms with E-state index < -0.39 is 11.7 Å². The molecule has 0 fully saturated rings. The number of rotatable bonds is 5. The third-order valence-corrected chi connectivity index (χ3v) is 3.56. The van der Waals surface area contributed by atoms with Crippen LogP contribution in [0.3, 0.4) is 0 Å². The summed E-state index contributed by atoms with van der Waals surface area (Å²) in [6.45, 7) is 4.25. The molecule has 0 saturated heterocycles. The standard InChI is InChI=1S/C18H20FN3O2/c1-12(2)22(11-13-6-4-3-5-7-13)18(24)21-14-8-9-16(19)15(10-14)17(20)23/h3-10,12H,11H2,1-2H3,(H2,20,23)(H,21,24). The van der Waals surface area contributed by atoms with Crippen molar-refractivity contribution < 1.29 is 14.0 Å². The molecule has 2 rings (SSSR count). The monoisotopic (exact) mass is 329 g/mol. The number of hydrogen-bond donors (Lipinski definition) is 2. The van der Waals surface area contributed by atoms with Crippen LogP contribution in [0.4, 0.5) is 14.9 Å². The maximum atomic E-state index is 13.5. The van der Waals surface area contributed by atoms with Crippen LogP contribution in [0.15, 0.2) is 48.5 Å². The average molecular weight is 329 g/mol. The molecule has 3 amide bonds. The fourth-order valence-electron chi connectivity index (χ4n) is 2.26. The second kappa shape index (κ2) is 7.59. The lowest BCUT2D eigenvalue weighted by Crippen LogP contribution is -2.39. The van der Waals surface area contributed by atoms with E-state index in [1.807, 2.05) is 44.2 Å². The first-order valence-electron chi connectivity index (χ1n) is 7.59. The van der Waals surface area contributed by atoms with E-state index in [4.69, 9.17) is 5.73 Å². The van der Waals surface area contributed by atoms with Gasteiger partial charge in [0.05, 0.1) is 5.56 Å². The van der Waals surface area contributed by atoms with Gasteiger partial charge in [0.1, 0.15) is 5.82 Å². The maximum Gasteiger partial charge on any atom is 0.322 e. The highest BCUT2D eigenvalue weighted by Gasteiger charge is 2.18. The van der Waals surface area contributed by atoms with Crippen LogP contribution in [-0.2, 0) is 6.54 Å². The summed E-state index contributed by atoms with van der Waals surface area (Å²) in [6, 6.07) is 12.9. The number of hydrogen-bond acceptors (Lipinski definition) is 2. The van der Waals surface area contributed by atoms with Crippen molar-refractivity contribution in [1.29, 1.82) is 0 Å². The van der Waals surface area contributed by atoms with Gasteiger partial charge in [0.15, 0.2) is 0 Å². The molecule has 0 heterocycles. The Hall–Kier alpha value is -2.89. The lowest BCUT2D eigenvalue weighted by molar-refractivity contribution is 0.0996. The minimum atomic E-state index is -0.881. The topological polar surface area (TPSA) is 75.4 Å². The van der Waals surface area contributed by atoms with Gasteiger partial charge in [0.2, 0.25) is 0 Å². The molecule has 3 N–H and O–H groups in total. The van der Waals surface area contributed by atoms with Crippen molar-refractivity contribution in [2.75, 3.05) is 5.32 Å². The van der Waals surface area contributed by atoms with E-state index in [1.165, 1.54) is 12.1 Å². The van der Waals surface area contributed by atoms with Crippen molar-refractivity contribution in [3.8, 4) is 0 Å². The molecule has 24 heavy (non-hydrogen) atoms. The normalized spacial score (nSPS) is 10.5. The Morgan fingerprint density at radius 1 is 1.17 bits per heavy atom. The second-order valence-electron chi connectivity index (χ2n) is 5.70. The van der Waals surface area contributed by atoms with Gasteiger partial charge in [-0.3, -0.25) is 4.79 Å². The third-order valence-electron chi connectivity index (χ3n) is 3.56. The fraction of sp³-hybridized carbons (Fsp3) is 0.222. The van der Waals surface area contributed by atoms with Gasteiger partial charge in [-0.15, -0.1) is 0 Å². The van der Waals surface area contributed by atoms with E-state index in [2.05, 4.69) is 5.32 Å². The first-order chi connectivity index (χ1) is 11.4. The number of nitrogens with two attached hydrogens (primary N) is 1. The van der Waals surface area contributed by atoms with Crippen molar-refractivity contribution in [2.24, 2.45) is 5.73 Å². The van der Waals surface area contributed by atoms with E-state index in [0.29, 0.717) is 12.2 Å². The number of primary amides is 1. The van der Waals surface area contributed by atoms with Gasteiger partial charge in [-0.05, 0) is 37.6 Å². The van der Waals surface area contributed by atoms with Crippen LogP contribution in [0.2, 0.25) is 0 Å². The van der Waals surface area contributed by atoms with Gasteiger partial charge in [-0.1, -0.05) is 30.3 Å². The van der Waals surface area contributed by atoms with Gasteiger partial charge in [0.25, 0.3) is 5.91 Å². The summed E-state index contributed by atoms with van der Waals surface area (Å²) in [7, 11) is 0. The Labute approximate surface area is 140 Å². The largest absolute Gasteiger partial charge is 0.366 e. The van der Waals surface area contributed by atoms with Crippen molar-refractivity contribution >= 4 is 17.6 Å². The average Bonchev–Trinajstić information content (AvgIpc) is 2.54. The molecule has 0 saturated carbocycles. The van der Waals surface area contributed by atoms with Crippen LogP contribution in [0.5, 0.6) is 0 Å². The summed E-state index contributed by atoms with van der Waals surface area (Å²) in [4.78, 5) is 25.4. The number of nitrogens with one attached hydrogen (secondary N) is 1. The summed E-state index contributed by atoms with van der Waals surface area (Å²) in [5, 5.41) is 2.68. The highest BCUT2D eigenvalue weighted by Crippen LogP contribution is 2.16. The quantitative estimate of drug-likeness (QED) is 0.882. The smallest absolute Gasteiger partial charge is 0.322 e. The number of urea groups is 1. The number of amides is 3. The zero-order chi connectivity index (χ0) is 17.7. The SMILES string of the molecule is CC(C)N(Cc1ccccc1)C(=O)Nc1ccc(F)c(C(N)=O)c1. The zero-order valence-electron chi connectivity index (χ0n) is 13.6. The van der Waals surface area contributed by atoms with Crippen molar-refractivity contribution in [3.05, 3.63) is 65.5 Å². The molecule has 126 valence electrons. The lowest BCUT2D eigenvalue weighted by atomic mass is 10.1. The summed E-state index contributed by atoms with van der Waals surface area (Å²) < 4.78 is 13.5. The minimum absolute atomic E-state index is 0.0405. The van der Waals surface area contributed by atoms with E-state index in [9.17, 15) is 14.0 Å². The molecule has 0 spiro atoms. The zero-order valence-corrected chi connectivity index (χ0v) is 13.6. The number of halogens is 1. The second-order valence-corrected chi connectivity index (χ2v) is 5.70. The van der Waals surface area contributed by atoms with Crippen molar-refractivity contribution in [2.45, 2.75) is 26.4 Å². The molecule has 0 aliphatic carbocycles. The van der Waals surface area contributed by atoms with E-state index in [-0.39, 0.29) is 17.6 Å². The molecule has 0 unspecified atom stereocenters. The molecular weight excluding hydrogens is 309 g/mol. The Bertz CT molecular complexity index is 732. The predicted octanol–water partition coefficient (Wildman–Crippen LogP) is 3.37. The highest BCUT2D eigenvalue weighted by atomic mass is 19.1.